The number of hydrogen-bond donors (Lipinski definition) is 1. The van der Waals surface area contributed by atoms with Crippen LogP contribution >= 0.6 is 0 Å². The molecule has 1 aliphatic rings. The van der Waals surface area contributed by atoms with Crippen LogP contribution < -0.4 is 10.1 Å². The van der Waals surface area contributed by atoms with Gasteiger partial charge in [-0.05, 0) is 36.3 Å². The van der Waals surface area contributed by atoms with Crippen molar-refractivity contribution in [2.75, 3.05) is 19.7 Å². The summed E-state index contributed by atoms with van der Waals surface area (Å²) < 4.78 is 45.0. The van der Waals surface area contributed by atoms with E-state index in [0.717, 1.165) is 17.7 Å². The van der Waals surface area contributed by atoms with Crippen LogP contribution in [0, 0.1) is 11.3 Å². The molecule has 160 valence electrons. The van der Waals surface area contributed by atoms with Crippen LogP contribution in [0.15, 0.2) is 59.6 Å². The fourth-order valence-corrected chi connectivity index (χ4v) is 3.17. The number of nitrogens with zero attached hydrogens (tertiary/aromatic N) is 2. The third-order valence-corrected chi connectivity index (χ3v) is 4.60. The standard InChI is InChI=1S/C24H22F3N3O/c1-16(2)15-31-23-18(10-9-17-5-3-7-19(13-17)24(25,26)27)6-4-8-20(23)22-21(14-28)29-11-12-30-22/h3-10,13,21,29H,1,11-12,15H2,2H3/b10-9+. The first-order valence-corrected chi connectivity index (χ1v) is 9.73. The average Bonchev–Trinajstić information content (AvgIpc) is 2.76. The molecule has 1 atom stereocenters. The highest BCUT2D eigenvalue weighted by atomic mass is 19.4. The van der Waals surface area contributed by atoms with E-state index in [1.54, 1.807) is 30.4 Å². The van der Waals surface area contributed by atoms with Crippen LogP contribution in [0.4, 0.5) is 13.2 Å². The number of alkyl halides is 3. The number of rotatable bonds is 6. The van der Waals surface area contributed by atoms with Gasteiger partial charge >= 0.3 is 6.18 Å². The Labute approximate surface area is 179 Å². The predicted molar refractivity (Wildman–Crippen MR) is 116 cm³/mol. The molecule has 1 heterocycles. The highest BCUT2D eigenvalue weighted by molar-refractivity contribution is 6.09. The Bertz CT molecular complexity index is 1060. The SMILES string of the molecule is C=C(C)COc1c(/C=C/c2cccc(C(F)(F)F)c2)cccc1C1=NCCNC1C#N. The predicted octanol–water partition coefficient (Wildman–Crippen LogP) is 5.12. The maximum Gasteiger partial charge on any atom is 0.416 e. The van der Waals surface area contributed by atoms with Gasteiger partial charge in [0.25, 0.3) is 0 Å². The maximum absolute atomic E-state index is 13.0. The van der Waals surface area contributed by atoms with Crippen molar-refractivity contribution in [2.45, 2.75) is 19.1 Å². The van der Waals surface area contributed by atoms with Crippen LogP contribution in [-0.2, 0) is 6.18 Å². The smallest absolute Gasteiger partial charge is 0.416 e. The molecule has 0 amide bonds. The summed E-state index contributed by atoms with van der Waals surface area (Å²) in [5.74, 6) is 0.511. The molecule has 0 aromatic heterocycles. The van der Waals surface area contributed by atoms with E-state index in [4.69, 9.17) is 4.74 Å². The monoisotopic (exact) mass is 425 g/mol. The lowest BCUT2D eigenvalue weighted by atomic mass is 9.98. The summed E-state index contributed by atoms with van der Waals surface area (Å²) in [6, 6.07) is 12.2. The number of ether oxygens (including phenoxy) is 1. The Kier molecular flexibility index (Phi) is 6.93. The van der Waals surface area contributed by atoms with Gasteiger partial charge in [-0.1, -0.05) is 43.0 Å². The molecular weight excluding hydrogens is 403 g/mol. The van der Waals surface area contributed by atoms with Gasteiger partial charge in [0, 0.05) is 17.7 Å². The fraction of sp³-hybridized carbons (Fsp3) is 0.250. The molecule has 0 bridgehead atoms. The summed E-state index contributed by atoms with van der Waals surface area (Å²) in [6.07, 6.45) is -1.10. The zero-order valence-corrected chi connectivity index (χ0v) is 17.0. The summed E-state index contributed by atoms with van der Waals surface area (Å²) in [5.41, 5.74) is 2.44. The maximum atomic E-state index is 13.0. The zero-order chi connectivity index (χ0) is 22.4. The second-order valence-corrected chi connectivity index (χ2v) is 7.21. The summed E-state index contributed by atoms with van der Waals surface area (Å²) in [4.78, 5) is 4.52. The molecule has 2 aromatic carbocycles. The van der Waals surface area contributed by atoms with Gasteiger partial charge in [0.15, 0.2) is 0 Å². The van der Waals surface area contributed by atoms with Gasteiger partial charge in [0.1, 0.15) is 18.4 Å². The van der Waals surface area contributed by atoms with Gasteiger partial charge in [-0.2, -0.15) is 18.4 Å². The highest BCUT2D eigenvalue weighted by Gasteiger charge is 2.30. The first-order valence-electron chi connectivity index (χ1n) is 9.73. The molecule has 0 saturated carbocycles. The van der Waals surface area contributed by atoms with Gasteiger partial charge in [-0.25, -0.2) is 0 Å². The number of aliphatic imine (C=N–C) groups is 1. The Morgan fingerprint density at radius 2 is 2.06 bits per heavy atom. The van der Waals surface area contributed by atoms with E-state index in [0.29, 0.717) is 41.2 Å². The van der Waals surface area contributed by atoms with Crippen molar-refractivity contribution in [1.29, 1.82) is 5.26 Å². The van der Waals surface area contributed by atoms with Crippen molar-refractivity contribution in [3.8, 4) is 11.8 Å². The number of halogens is 3. The van der Waals surface area contributed by atoms with Crippen molar-refractivity contribution in [3.63, 3.8) is 0 Å². The van der Waals surface area contributed by atoms with E-state index in [1.165, 1.54) is 6.07 Å². The molecule has 31 heavy (non-hydrogen) atoms. The van der Waals surface area contributed by atoms with Crippen LogP contribution in [0.1, 0.15) is 29.2 Å². The van der Waals surface area contributed by atoms with Crippen LogP contribution in [0.25, 0.3) is 12.2 Å². The van der Waals surface area contributed by atoms with Crippen LogP contribution in [-0.4, -0.2) is 31.4 Å². The minimum Gasteiger partial charge on any atom is -0.488 e. The van der Waals surface area contributed by atoms with Gasteiger partial charge in [0.2, 0.25) is 0 Å². The minimum atomic E-state index is -4.40. The zero-order valence-electron chi connectivity index (χ0n) is 17.0. The molecule has 0 spiro atoms. The van der Waals surface area contributed by atoms with E-state index in [1.807, 2.05) is 13.0 Å². The highest BCUT2D eigenvalue weighted by Crippen LogP contribution is 2.31. The molecule has 1 unspecified atom stereocenters. The second-order valence-electron chi connectivity index (χ2n) is 7.21. The summed E-state index contributed by atoms with van der Waals surface area (Å²) in [7, 11) is 0. The van der Waals surface area contributed by atoms with E-state index in [-0.39, 0.29) is 6.61 Å². The Morgan fingerprint density at radius 3 is 2.77 bits per heavy atom. The normalized spacial score (nSPS) is 16.6. The first-order chi connectivity index (χ1) is 14.8. The fourth-order valence-electron chi connectivity index (χ4n) is 3.17. The molecule has 0 fully saturated rings. The lowest BCUT2D eigenvalue weighted by Crippen LogP contribution is -2.41. The van der Waals surface area contributed by atoms with Gasteiger partial charge < -0.3 is 4.74 Å². The van der Waals surface area contributed by atoms with Crippen LogP contribution in [0.5, 0.6) is 5.75 Å². The first kappa shape index (κ1) is 22.3. The molecule has 1 N–H and O–H groups in total. The summed E-state index contributed by atoms with van der Waals surface area (Å²) >= 11 is 0. The van der Waals surface area contributed by atoms with Gasteiger partial charge in [0.05, 0.1) is 23.9 Å². The average molecular weight is 425 g/mol. The molecule has 0 radical (unpaired) electrons. The molecular formula is C24H22F3N3O. The molecule has 7 heteroatoms. The van der Waals surface area contributed by atoms with E-state index < -0.39 is 17.8 Å². The van der Waals surface area contributed by atoms with E-state index in [2.05, 4.69) is 23.0 Å². The topological polar surface area (TPSA) is 57.4 Å². The molecule has 0 aliphatic carbocycles. The van der Waals surface area contributed by atoms with E-state index in [9.17, 15) is 18.4 Å². The number of nitriles is 1. The number of benzene rings is 2. The molecule has 2 aromatic rings. The van der Waals surface area contributed by atoms with Gasteiger partial charge in [-0.3, -0.25) is 10.3 Å². The van der Waals surface area contributed by atoms with Crippen LogP contribution in [0.3, 0.4) is 0 Å². The Hall–Kier alpha value is -3.37. The third-order valence-electron chi connectivity index (χ3n) is 4.60. The third kappa shape index (κ3) is 5.62. The molecule has 4 nitrogen and oxygen atoms in total. The van der Waals surface area contributed by atoms with Crippen molar-refractivity contribution in [1.82, 2.24) is 5.32 Å². The molecule has 0 saturated heterocycles. The Balaban J connectivity index is 2.02. The lowest BCUT2D eigenvalue weighted by Gasteiger charge is -2.22. The minimum absolute atomic E-state index is 0.263. The van der Waals surface area contributed by atoms with Crippen LogP contribution in [0.2, 0.25) is 0 Å². The second kappa shape index (κ2) is 9.63. The quantitative estimate of drug-likeness (QED) is 0.517. The van der Waals surface area contributed by atoms with Crippen molar-refractivity contribution in [3.05, 3.63) is 76.9 Å². The number of para-hydroxylation sites is 1. The van der Waals surface area contributed by atoms with Crippen molar-refractivity contribution >= 4 is 17.9 Å². The summed E-state index contributed by atoms with van der Waals surface area (Å²) in [6.45, 7) is 7.10. The summed E-state index contributed by atoms with van der Waals surface area (Å²) in [5, 5.41) is 12.6. The number of nitrogens with one attached hydrogen (secondary N) is 1. The molecule has 1 aliphatic heterocycles. The van der Waals surface area contributed by atoms with Crippen molar-refractivity contribution in [2.24, 2.45) is 4.99 Å². The Morgan fingerprint density at radius 1 is 1.29 bits per heavy atom. The van der Waals surface area contributed by atoms with Gasteiger partial charge in [-0.15, -0.1) is 0 Å². The van der Waals surface area contributed by atoms with E-state index >= 15 is 0 Å². The lowest BCUT2D eigenvalue weighted by molar-refractivity contribution is -0.137. The van der Waals surface area contributed by atoms with Crippen molar-refractivity contribution < 1.29 is 17.9 Å². The largest absolute Gasteiger partial charge is 0.488 e. The molecule has 3 rings (SSSR count). The number of hydrogen-bond acceptors (Lipinski definition) is 4.